The third kappa shape index (κ3) is 7.37. The van der Waals surface area contributed by atoms with E-state index in [1.807, 2.05) is 0 Å². The van der Waals surface area contributed by atoms with E-state index in [9.17, 15) is 40.9 Å². The predicted octanol–water partition coefficient (Wildman–Crippen LogP) is 0.852. The number of ether oxygens (including phenoxy) is 8. The van der Waals surface area contributed by atoms with Crippen molar-refractivity contribution in [3.8, 4) is 0 Å². The fourth-order valence-corrected chi connectivity index (χ4v) is 13.6. The molecular weight excluding hydrogens is 784 g/mol. The van der Waals surface area contributed by atoms with Crippen molar-refractivity contribution in [1.82, 2.24) is 0 Å². The summed E-state index contributed by atoms with van der Waals surface area (Å²) in [4.78, 5) is 0. The molecule has 342 valence electrons. The van der Waals surface area contributed by atoms with Gasteiger partial charge in [-0.15, -0.1) is 0 Å². The minimum absolute atomic E-state index is 0.216. The maximum atomic E-state index is 12.0. The van der Waals surface area contributed by atoms with Crippen molar-refractivity contribution in [2.24, 2.45) is 46.8 Å². The van der Waals surface area contributed by atoms with E-state index in [2.05, 4.69) is 26.8 Å². The van der Waals surface area contributed by atoms with Gasteiger partial charge in [0.2, 0.25) is 0 Å². The molecule has 0 bridgehead atoms. The molecule has 16 nitrogen and oxygen atoms in total. The first-order valence-corrected chi connectivity index (χ1v) is 22.9. The Morgan fingerprint density at radius 1 is 0.700 bits per heavy atom. The van der Waals surface area contributed by atoms with Gasteiger partial charge in [-0.1, -0.05) is 32.4 Å². The standard InChI is InChI=1S/C44H70O16/c1-18-10-13-44(53-17-18)19(2)30-28(60-44)15-27-26-8-6-22-14-23(7-9-24(22)25(26)11-12-43(27,30)5)56-42-39(59-41-36(51)34(49)32(47)21(4)55-41)37(52)38(29(16-45)57-42)58-40-35(50)33(48)31(46)20(3)54-40/h6,18-21,23-42,45-52H,7-17H2,1-5H3/t18-,19+,20+,21+,23+,24+,25-,26-,27+,28+,29-,30+,31+,32+,33-,34-,35-,36-,37+,38-,39-,40+,41+,42-,43+,44-/m1/s1. The second-order valence-corrected chi connectivity index (χ2v) is 20.4. The second kappa shape index (κ2) is 16.8. The molecule has 4 aliphatic carbocycles. The summed E-state index contributed by atoms with van der Waals surface area (Å²) in [6.45, 7) is 10.3. The Kier molecular flexibility index (Phi) is 12.4. The number of allylic oxidation sites excluding steroid dienone is 1. The summed E-state index contributed by atoms with van der Waals surface area (Å²) in [6.07, 6.45) is -10.1. The van der Waals surface area contributed by atoms with E-state index in [0.29, 0.717) is 54.3 Å². The van der Waals surface area contributed by atoms with E-state index in [0.717, 1.165) is 38.7 Å². The van der Waals surface area contributed by atoms with Crippen molar-refractivity contribution in [1.29, 1.82) is 0 Å². The average molecular weight is 855 g/mol. The Hall–Kier alpha value is -0.900. The van der Waals surface area contributed by atoms with Crippen LogP contribution in [0.15, 0.2) is 11.6 Å². The first kappa shape index (κ1) is 44.3. The number of aliphatic hydroxyl groups is 8. The number of hydrogen-bond donors (Lipinski definition) is 8. The molecule has 0 aromatic rings. The van der Waals surface area contributed by atoms with Gasteiger partial charge in [0, 0.05) is 12.3 Å². The summed E-state index contributed by atoms with van der Waals surface area (Å²) in [5.74, 6) is 3.22. The average Bonchev–Trinajstić information content (AvgIpc) is 3.68. The molecule has 5 heterocycles. The molecule has 9 rings (SSSR count). The Labute approximate surface area is 352 Å². The molecule has 1 spiro atoms. The van der Waals surface area contributed by atoms with Gasteiger partial charge < -0.3 is 78.7 Å². The molecule has 3 saturated carbocycles. The minimum atomic E-state index is -1.70. The predicted molar refractivity (Wildman–Crippen MR) is 208 cm³/mol. The monoisotopic (exact) mass is 854 g/mol. The van der Waals surface area contributed by atoms with Crippen molar-refractivity contribution < 1.29 is 78.7 Å². The zero-order valence-electron chi connectivity index (χ0n) is 35.6. The Morgan fingerprint density at radius 3 is 2.00 bits per heavy atom. The molecule has 16 heteroatoms. The summed E-state index contributed by atoms with van der Waals surface area (Å²) in [6, 6.07) is 0. The number of hydrogen-bond acceptors (Lipinski definition) is 16. The molecule has 8 N–H and O–H groups in total. The zero-order chi connectivity index (χ0) is 42.6. The molecule has 0 unspecified atom stereocenters. The zero-order valence-corrected chi connectivity index (χ0v) is 35.6. The van der Waals surface area contributed by atoms with Gasteiger partial charge in [0.25, 0.3) is 0 Å². The third-order valence-corrected chi connectivity index (χ3v) is 17.0. The molecule has 8 fully saturated rings. The van der Waals surface area contributed by atoms with Crippen LogP contribution >= 0.6 is 0 Å². The van der Waals surface area contributed by atoms with Crippen LogP contribution in [0.4, 0.5) is 0 Å². The minimum Gasteiger partial charge on any atom is -0.394 e. The van der Waals surface area contributed by atoms with Crippen LogP contribution in [-0.4, -0.2) is 164 Å². The van der Waals surface area contributed by atoms with E-state index in [4.69, 9.17) is 37.9 Å². The van der Waals surface area contributed by atoms with E-state index in [1.54, 1.807) is 0 Å². The van der Waals surface area contributed by atoms with Crippen molar-refractivity contribution in [3.63, 3.8) is 0 Å². The van der Waals surface area contributed by atoms with Crippen molar-refractivity contribution in [2.45, 2.75) is 203 Å². The number of rotatable bonds is 7. The van der Waals surface area contributed by atoms with Gasteiger partial charge in [-0.25, -0.2) is 0 Å². The van der Waals surface area contributed by atoms with E-state index in [-0.39, 0.29) is 17.6 Å². The lowest BCUT2D eigenvalue weighted by molar-refractivity contribution is -0.388. The van der Waals surface area contributed by atoms with Crippen LogP contribution in [0.5, 0.6) is 0 Å². The summed E-state index contributed by atoms with van der Waals surface area (Å²) in [5, 5.41) is 85.7. The second-order valence-electron chi connectivity index (χ2n) is 20.4. The van der Waals surface area contributed by atoms with Gasteiger partial charge in [0.05, 0.1) is 37.6 Å². The van der Waals surface area contributed by atoms with Crippen LogP contribution in [-0.2, 0) is 37.9 Å². The molecule has 0 radical (unpaired) electrons. The summed E-state index contributed by atoms with van der Waals surface area (Å²) in [7, 11) is 0. The molecule has 0 aromatic heterocycles. The van der Waals surface area contributed by atoms with Crippen LogP contribution in [0.2, 0.25) is 0 Å². The first-order chi connectivity index (χ1) is 28.5. The van der Waals surface area contributed by atoms with Crippen molar-refractivity contribution in [3.05, 3.63) is 11.6 Å². The van der Waals surface area contributed by atoms with E-state index >= 15 is 0 Å². The van der Waals surface area contributed by atoms with Crippen LogP contribution in [0.3, 0.4) is 0 Å². The normalized spacial score (nSPS) is 57.9. The molecule has 5 saturated heterocycles. The highest BCUT2D eigenvalue weighted by atomic mass is 16.8. The van der Waals surface area contributed by atoms with Gasteiger partial charge in [0.15, 0.2) is 24.7 Å². The van der Waals surface area contributed by atoms with Crippen LogP contribution in [0.1, 0.15) is 92.4 Å². The van der Waals surface area contributed by atoms with Gasteiger partial charge in [-0.2, -0.15) is 0 Å². The number of fused-ring (bicyclic) bond motifs is 7. The molecule has 5 aliphatic heterocycles. The van der Waals surface area contributed by atoms with E-state index in [1.165, 1.54) is 32.3 Å². The van der Waals surface area contributed by atoms with Crippen LogP contribution in [0.25, 0.3) is 0 Å². The molecule has 0 aromatic carbocycles. The van der Waals surface area contributed by atoms with Crippen LogP contribution in [0, 0.1) is 46.8 Å². The summed E-state index contributed by atoms with van der Waals surface area (Å²) in [5.41, 5.74) is 1.58. The number of aliphatic hydroxyl groups excluding tert-OH is 8. The van der Waals surface area contributed by atoms with E-state index < -0.39 is 105 Å². The third-order valence-electron chi connectivity index (χ3n) is 17.0. The molecule has 60 heavy (non-hydrogen) atoms. The quantitative estimate of drug-likeness (QED) is 0.166. The van der Waals surface area contributed by atoms with Gasteiger partial charge in [-0.05, 0) is 106 Å². The lowest BCUT2D eigenvalue weighted by Gasteiger charge is -2.55. The largest absolute Gasteiger partial charge is 0.394 e. The van der Waals surface area contributed by atoms with Gasteiger partial charge in [-0.3, -0.25) is 0 Å². The SMILES string of the molecule is C[C@@H]1CC[C@@]2(OC1)O[C@H]1C[C@H]3[C@@H]4CC=C5C[C@@H](O[C@@H]6O[C@H](CO)[C@@H](O[C@@H]7O[C@@H](C)[C@H](O)[C@@H](O)[C@H]7O)[C@H](O)[C@H]6O[C@@H]6O[C@@H](C)[C@H](O)[C@@H](O)[C@H]6O)CC[C@@H]5[C@H]4CC[C@]3(C)[C@H]1[C@@H]2C. The first-order valence-electron chi connectivity index (χ1n) is 22.9. The fraction of sp³-hybridized carbons (Fsp3) is 0.955. The maximum Gasteiger partial charge on any atom is 0.187 e. The molecule has 0 amide bonds. The van der Waals surface area contributed by atoms with Gasteiger partial charge >= 0.3 is 0 Å². The van der Waals surface area contributed by atoms with Crippen molar-refractivity contribution >= 4 is 0 Å². The Bertz CT molecular complexity index is 1540. The molecular formula is C44H70O16. The maximum absolute atomic E-state index is 12.0. The molecule has 26 atom stereocenters. The van der Waals surface area contributed by atoms with Gasteiger partial charge in [0.1, 0.15) is 61.0 Å². The topological polar surface area (TPSA) is 236 Å². The Morgan fingerprint density at radius 2 is 1.37 bits per heavy atom. The van der Waals surface area contributed by atoms with Crippen molar-refractivity contribution in [2.75, 3.05) is 13.2 Å². The smallest absolute Gasteiger partial charge is 0.187 e. The highest BCUT2D eigenvalue weighted by molar-refractivity contribution is 5.22. The summed E-state index contributed by atoms with van der Waals surface area (Å²) >= 11 is 0. The lowest BCUT2D eigenvalue weighted by atomic mass is 9.51. The lowest BCUT2D eigenvalue weighted by Crippen LogP contribution is -2.66. The van der Waals surface area contributed by atoms with Crippen LogP contribution < -0.4 is 0 Å². The molecule has 9 aliphatic rings. The Balaban J connectivity index is 0.900. The highest BCUT2D eigenvalue weighted by Gasteiger charge is 2.68. The highest BCUT2D eigenvalue weighted by Crippen LogP contribution is 2.69. The summed E-state index contributed by atoms with van der Waals surface area (Å²) < 4.78 is 50.0. The fourth-order valence-electron chi connectivity index (χ4n) is 13.6.